The molecule has 3 atom stereocenters. The fraction of sp³-hybridized carbons (Fsp3) is 0.412. The molecule has 364 valence electrons. The van der Waals surface area contributed by atoms with E-state index in [9.17, 15) is 47.0 Å². The zero-order valence-electron chi connectivity index (χ0n) is 37.9. The Labute approximate surface area is 400 Å². The number of carbonyl (C=O) groups excluding carboxylic acids is 3. The fourth-order valence-corrected chi connectivity index (χ4v) is 7.24. The first kappa shape index (κ1) is 57.4. The number of Topliss-reactive ketones (excluding diaryl/α,β-unsaturated/α-hetero) is 1. The summed E-state index contributed by atoms with van der Waals surface area (Å²) in [6.07, 6.45) is 5.84. The van der Waals surface area contributed by atoms with Gasteiger partial charge in [0.2, 0.25) is 11.8 Å². The lowest BCUT2D eigenvalue weighted by atomic mass is 9.92. The number of unbranched alkanes of at least 4 members (excludes halogenated alkanes) is 6. The highest BCUT2D eigenvalue weighted by Gasteiger charge is 2.31. The van der Waals surface area contributed by atoms with E-state index in [-0.39, 0.29) is 18.1 Å². The molecule has 0 heterocycles. The second-order valence-corrected chi connectivity index (χ2v) is 17.2. The van der Waals surface area contributed by atoms with Crippen LogP contribution >= 0.6 is 23.2 Å². The molecule has 5 N–H and O–H groups in total. The number of benzene rings is 4. The number of carboxylic acid groups (broad SMARTS) is 3. The van der Waals surface area contributed by atoms with E-state index in [4.69, 9.17) is 39.1 Å². The maximum absolute atomic E-state index is 12.6. The number of hydrogen-bond acceptors (Lipinski definition) is 6. The summed E-state index contributed by atoms with van der Waals surface area (Å²) < 4.78 is 37.7. The van der Waals surface area contributed by atoms with Crippen LogP contribution in [0.15, 0.2) is 103 Å². The summed E-state index contributed by atoms with van der Waals surface area (Å²) in [5, 5.41) is 28.7. The third-order valence-electron chi connectivity index (χ3n) is 10.8. The molecule has 2 amide bonds. The fourth-order valence-electron chi connectivity index (χ4n) is 6.99. The molecular weight excluding hydrogens is 912 g/mol. The van der Waals surface area contributed by atoms with Gasteiger partial charge in [-0.25, -0.2) is 0 Å². The molecule has 0 aliphatic heterocycles. The van der Waals surface area contributed by atoms with Gasteiger partial charge in [-0.1, -0.05) is 135 Å². The molecule has 3 unspecified atom stereocenters. The van der Waals surface area contributed by atoms with Gasteiger partial charge < -0.3 is 26.0 Å². The van der Waals surface area contributed by atoms with E-state index in [0.29, 0.717) is 49.7 Å². The smallest absolute Gasteiger partial charge is 0.416 e. The molecule has 0 aliphatic carbocycles. The van der Waals surface area contributed by atoms with Crippen molar-refractivity contribution in [1.82, 2.24) is 4.90 Å². The molecule has 0 aromatic heterocycles. The molecule has 0 bridgehead atoms. The van der Waals surface area contributed by atoms with E-state index in [1.807, 2.05) is 54.6 Å². The highest BCUT2D eigenvalue weighted by atomic mass is 35.5. The van der Waals surface area contributed by atoms with Crippen molar-refractivity contribution in [3.8, 4) is 0 Å². The van der Waals surface area contributed by atoms with E-state index < -0.39 is 53.3 Å². The van der Waals surface area contributed by atoms with Crippen molar-refractivity contribution in [2.75, 3.05) is 14.1 Å². The van der Waals surface area contributed by atoms with Crippen LogP contribution in [0.5, 0.6) is 0 Å². The molecule has 4 aromatic rings. The Balaban J connectivity index is 0.000000346. The molecule has 0 spiro atoms. The second kappa shape index (κ2) is 30.5. The number of rotatable bonds is 25. The molecule has 67 heavy (non-hydrogen) atoms. The number of alkyl halides is 3. The number of ketones is 1. The first-order valence-corrected chi connectivity index (χ1v) is 22.9. The van der Waals surface area contributed by atoms with Crippen LogP contribution in [-0.4, -0.2) is 69.8 Å². The van der Waals surface area contributed by atoms with Crippen LogP contribution in [0.3, 0.4) is 0 Å². The number of nitrogens with two attached hydrogens (primary N) is 1. The molecule has 11 nitrogen and oxygen atoms in total. The normalized spacial score (nSPS) is 12.2. The van der Waals surface area contributed by atoms with Crippen LogP contribution in [0, 0.1) is 17.8 Å². The van der Waals surface area contributed by atoms with Crippen molar-refractivity contribution in [2.45, 2.75) is 102 Å². The summed E-state index contributed by atoms with van der Waals surface area (Å²) in [6.45, 7) is 0. The molecule has 0 saturated heterocycles. The molecule has 4 rings (SSSR count). The van der Waals surface area contributed by atoms with Crippen LogP contribution in [0.4, 0.5) is 13.2 Å². The summed E-state index contributed by atoms with van der Waals surface area (Å²) in [4.78, 5) is 69.5. The van der Waals surface area contributed by atoms with Gasteiger partial charge in [0.25, 0.3) is 0 Å². The van der Waals surface area contributed by atoms with Crippen LogP contribution in [0.25, 0.3) is 0 Å². The predicted molar refractivity (Wildman–Crippen MR) is 253 cm³/mol. The van der Waals surface area contributed by atoms with Gasteiger partial charge >= 0.3 is 24.1 Å². The summed E-state index contributed by atoms with van der Waals surface area (Å²) in [6, 6.07) is 29.2. The number of halogens is 5. The van der Waals surface area contributed by atoms with Crippen molar-refractivity contribution in [3.05, 3.63) is 141 Å². The van der Waals surface area contributed by atoms with E-state index >= 15 is 0 Å². The lowest BCUT2D eigenvalue weighted by Crippen LogP contribution is -2.34. The van der Waals surface area contributed by atoms with Crippen molar-refractivity contribution in [3.63, 3.8) is 0 Å². The van der Waals surface area contributed by atoms with E-state index in [1.165, 1.54) is 22.1 Å². The van der Waals surface area contributed by atoms with Gasteiger partial charge in [-0.05, 0) is 105 Å². The minimum atomic E-state index is -4.35. The largest absolute Gasteiger partial charge is 0.481 e. The number of carbonyl (C=O) groups is 6. The van der Waals surface area contributed by atoms with E-state index in [2.05, 4.69) is 0 Å². The van der Waals surface area contributed by atoms with Crippen molar-refractivity contribution < 1.29 is 57.3 Å². The van der Waals surface area contributed by atoms with Crippen LogP contribution in [0.1, 0.15) is 110 Å². The highest BCUT2D eigenvalue weighted by Crippen LogP contribution is 2.30. The first-order valence-electron chi connectivity index (χ1n) is 22.1. The Morgan fingerprint density at radius 3 is 1.36 bits per heavy atom. The van der Waals surface area contributed by atoms with E-state index in [1.54, 1.807) is 44.4 Å². The van der Waals surface area contributed by atoms with Crippen molar-refractivity contribution >= 4 is 58.7 Å². The maximum Gasteiger partial charge on any atom is 0.416 e. The van der Waals surface area contributed by atoms with Gasteiger partial charge in [-0.3, -0.25) is 28.8 Å². The third kappa shape index (κ3) is 23.0. The van der Waals surface area contributed by atoms with Gasteiger partial charge in [0.05, 0.1) is 5.56 Å². The minimum absolute atomic E-state index is 0.146. The predicted octanol–water partition coefficient (Wildman–Crippen LogP) is 11.3. The average molecular weight is 974 g/mol. The zero-order chi connectivity index (χ0) is 49.9. The Kier molecular flexibility index (Phi) is 26.2. The summed E-state index contributed by atoms with van der Waals surface area (Å²) >= 11 is 11.7. The van der Waals surface area contributed by atoms with Gasteiger partial charge in [-0.15, -0.1) is 0 Å². The molecule has 0 radical (unpaired) electrons. The average Bonchev–Trinajstić information content (AvgIpc) is 3.28. The molecule has 0 fully saturated rings. The van der Waals surface area contributed by atoms with Crippen molar-refractivity contribution in [2.24, 2.45) is 23.5 Å². The Bertz CT molecular complexity index is 2140. The quantitative estimate of drug-likeness (QED) is 0.0284. The van der Waals surface area contributed by atoms with Gasteiger partial charge in [-0.2, -0.15) is 13.2 Å². The minimum Gasteiger partial charge on any atom is -0.481 e. The molecular formula is C51H61Cl2F3N2O9. The number of nitrogens with zero attached hydrogens (tertiary/aromatic N) is 1. The van der Waals surface area contributed by atoms with Crippen LogP contribution in [0.2, 0.25) is 10.0 Å². The second-order valence-electron chi connectivity index (χ2n) is 16.3. The summed E-state index contributed by atoms with van der Waals surface area (Å²) in [7, 11) is 3.16. The molecule has 16 heteroatoms. The number of aryl methyl sites for hydroxylation is 3. The van der Waals surface area contributed by atoms with E-state index in [0.717, 1.165) is 73.5 Å². The van der Waals surface area contributed by atoms with Crippen LogP contribution < -0.4 is 5.73 Å². The van der Waals surface area contributed by atoms with Gasteiger partial charge in [0.1, 0.15) is 17.8 Å². The molecule has 4 aromatic carbocycles. The number of amides is 2. The SMILES string of the molecule is CN(C)C(=O)C(CCCCCc1ccc(Cl)cc1)C(=O)O.NC(=O)C(CCCCCc1cccc(C(F)(F)F)c1)C(=O)O.O=C(O)C(CCCCCc1ccc(Cl)cc1)C(=O)c1ccccc1. The number of aliphatic carboxylic acids is 3. The Hall–Kier alpha value is -5.73. The Morgan fingerprint density at radius 2 is 0.955 bits per heavy atom. The van der Waals surface area contributed by atoms with Gasteiger partial charge in [0, 0.05) is 29.7 Å². The lowest BCUT2D eigenvalue weighted by molar-refractivity contribution is -0.151. The molecule has 0 aliphatic rings. The number of primary amides is 1. The molecule has 0 saturated carbocycles. The van der Waals surface area contributed by atoms with Crippen LogP contribution in [-0.2, 0) is 49.4 Å². The number of carboxylic acids is 3. The Morgan fingerprint density at radius 1 is 0.537 bits per heavy atom. The summed E-state index contributed by atoms with van der Waals surface area (Å²) in [5.41, 5.74) is 7.78. The third-order valence-corrected chi connectivity index (χ3v) is 11.3. The van der Waals surface area contributed by atoms with Gasteiger partial charge in [0.15, 0.2) is 5.78 Å². The monoisotopic (exact) mass is 972 g/mol. The maximum atomic E-state index is 12.6. The zero-order valence-corrected chi connectivity index (χ0v) is 39.4. The summed E-state index contributed by atoms with van der Waals surface area (Å²) in [5.74, 6) is -7.91. The highest BCUT2D eigenvalue weighted by molar-refractivity contribution is 6.30. The lowest BCUT2D eigenvalue weighted by Gasteiger charge is -2.16. The number of hydrogen-bond donors (Lipinski definition) is 4. The topological polar surface area (TPSA) is 192 Å². The van der Waals surface area contributed by atoms with Crippen molar-refractivity contribution in [1.29, 1.82) is 0 Å². The first-order chi connectivity index (χ1) is 31.7. The standard InChI is InChI=1S/C20H21ClO3.C16H22ClNO3.C15H18F3NO3/c21-17-13-11-15(12-14-17)7-3-1-6-10-18(20(23)24)19(22)16-8-4-2-5-9-16;1-18(2)15(19)14(16(20)21)7-5-3-4-6-12-8-10-13(17)11-9-12;16-15(17,18)11-7-4-6-10(9-11)5-2-1-3-8-12(13(19)20)14(21)22/h2,4-5,8-9,11-14,18H,1,3,6-7,10H2,(H,23,24);8-11,14H,3-7H2,1-2H3,(H,20,21);4,6-7,9,12H,1-3,5,8H2,(H2,19,20)(H,21,22).